The number of nitrogens with zero attached hydrogens (tertiary/aromatic N) is 1. The molecule has 2 N–H and O–H groups in total. The molecule has 0 spiro atoms. The van der Waals surface area contributed by atoms with Crippen LogP contribution in [0.1, 0.15) is 116 Å². The number of aliphatic hydroxyl groups is 2. The van der Waals surface area contributed by atoms with Gasteiger partial charge in [0.25, 0.3) is 0 Å². The van der Waals surface area contributed by atoms with Crippen molar-refractivity contribution in [3.05, 3.63) is 30.1 Å². The Labute approximate surface area is 201 Å². The monoisotopic (exact) mass is 453 g/mol. The Morgan fingerprint density at radius 3 is 2.58 bits per heavy atom. The second-order valence-corrected chi connectivity index (χ2v) is 13.0. The first-order valence-electron chi connectivity index (χ1n) is 14.1. The van der Waals surface area contributed by atoms with Gasteiger partial charge >= 0.3 is 0 Å². The molecule has 0 amide bonds. The average molecular weight is 454 g/mol. The van der Waals surface area contributed by atoms with Crippen LogP contribution in [0.25, 0.3) is 0 Å². The molecule has 9 atom stereocenters. The van der Waals surface area contributed by atoms with Crippen molar-refractivity contribution in [2.24, 2.45) is 40.4 Å². The summed E-state index contributed by atoms with van der Waals surface area (Å²) >= 11 is 0. The number of fused-ring (bicyclic) bond motifs is 5. The minimum absolute atomic E-state index is 0.390. The summed E-state index contributed by atoms with van der Waals surface area (Å²) in [6, 6.07) is 5.83. The molecule has 7 unspecified atom stereocenters. The molecule has 0 radical (unpaired) electrons. The molecule has 1 heterocycles. The Bertz CT molecular complexity index is 813. The van der Waals surface area contributed by atoms with Crippen molar-refractivity contribution in [1.82, 2.24) is 4.98 Å². The van der Waals surface area contributed by atoms with Gasteiger partial charge in [-0.15, -0.1) is 0 Å². The highest BCUT2D eigenvalue weighted by Gasteiger charge is 2.60. The molecule has 1 aromatic rings. The lowest BCUT2D eigenvalue weighted by molar-refractivity contribution is -0.151. The Morgan fingerprint density at radius 1 is 1.00 bits per heavy atom. The van der Waals surface area contributed by atoms with Gasteiger partial charge in [0.05, 0.1) is 17.4 Å². The minimum Gasteiger partial charge on any atom is -0.390 e. The number of aliphatic hydroxyl groups excluding tert-OH is 1. The van der Waals surface area contributed by atoms with Gasteiger partial charge in [0.15, 0.2) is 0 Å². The van der Waals surface area contributed by atoms with Gasteiger partial charge in [-0.2, -0.15) is 0 Å². The van der Waals surface area contributed by atoms with Crippen LogP contribution in [0.4, 0.5) is 0 Å². The number of pyridine rings is 1. The fraction of sp³-hybridized carbons (Fsp3) is 0.833. The van der Waals surface area contributed by atoms with Gasteiger partial charge in [0.1, 0.15) is 0 Å². The predicted octanol–water partition coefficient (Wildman–Crippen LogP) is 7.09. The van der Waals surface area contributed by atoms with Crippen molar-refractivity contribution in [2.45, 2.75) is 116 Å². The summed E-state index contributed by atoms with van der Waals surface area (Å²) in [7, 11) is 0. The zero-order valence-electron chi connectivity index (χ0n) is 21.3. The second-order valence-electron chi connectivity index (χ2n) is 13.0. The van der Waals surface area contributed by atoms with Gasteiger partial charge in [-0.25, -0.2) is 0 Å². The van der Waals surface area contributed by atoms with Crippen molar-refractivity contribution in [3.8, 4) is 0 Å². The molecule has 33 heavy (non-hydrogen) atoms. The highest BCUT2D eigenvalue weighted by Crippen LogP contribution is 2.68. The molecule has 5 rings (SSSR count). The van der Waals surface area contributed by atoms with Gasteiger partial charge in [-0.1, -0.05) is 33.3 Å². The summed E-state index contributed by atoms with van der Waals surface area (Å²) in [5, 5.41) is 21.6. The summed E-state index contributed by atoms with van der Waals surface area (Å²) in [6.07, 6.45) is 17.1. The topological polar surface area (TPSA) is 53.4 Å². The van der Waals surface area contributed by atoms with Crippen LogP contribution in [0, 0.1) is 40.4 Å². The maximum absolute atomic E-state index is 11.0. The summed E-state index contributed by atoms with van der Waals surface area (Å²) in [5.74, 6) is 4.22. The molecule has 0 saturated heterocycles. The zero-order chi connectivity index (χ0) is 23.3. The Balaban J connectivity index is 1.22. The lowest BCUT2D eigenvalue weighted by Crippen LogP contribution is -2.55. The minimum atomic E-state index is -0.421. The van der Waals surface area contributed by atoms with E-state index in [4.69, 9.17) is 0 Å². The van der Waals surface area contributed by atoms with Crippen LogP contribution >= 0.6 is 0 Å². The molecule has 0 aromatic carbocycles. The Kier molecular flexibility index (Phi) is 6.44. The molecular formula is C30H47NO2. The van der Waals surface area contributed by atoms with Crippen LogP contribution in [0.15, 0.2) is 24.4 Å². The first kappa shape index (κ1) is 23.8. The Morgan fingerprint density at radius 2 is 1.82 bits per heavy atom. The predicted molar refractivity (Wildman–Crippen MR) is 134 cm³/mol. The summed E-state index contributed by atoms with van der Waals surface area (Å²) in [5.41, 5.74) is 1.38. The molecule has 3 nitrogen and oxygen atoms in total. The molecule has 184 valence electrons. The second kappa shape index (κ2) is 8.94. The normalized spacial score (nSPS) is 45.7. The third-order valence-corrected chi connectivity index (χ3v) is 11.7. The van der Waals surface area contributed by atoms with Crippen LogP contribution < -0.4 is 0 Å². The van der Waals surface area contributed by atoms with E-state index in [9.17, 15) is 10.2 Å². The molecule has 0 aliphatic heterocycles. The smallest absolute Gasteiger partial charge is 0.0959 e. The summed E-state index contributed by atoms with van der Waals surface area (Å²) in [6.45, 7) is 7.41. The van der Waals surface area contributed by atoms with E-state index in [0.717, 1.165) is 67.4 Å². The molecular weight excluding hydrogens is 406 g/mol. The first-order valence-corrected chi connectivity index (χ1v) is 14.1. The quantitative estimate of drug-likeness (QED) is 0.483. The average Bonchev–Trinajstić information content (AvgIpc) is 3.16. The standard InChI is InChI=1S/C30H47NO2/c1-4-30(33)18-17-29(3)22(20-30)11-13-23-24-14-12-21(28(24,2)16-15-25(23)29)8-7-10-27(32)26-9-5-6-19-31-26/h5-6,9,19,21-25,27,32-33H,4,7-8,10-18,20H2,1-3H3/t21-,22?,23?,24?,25?,27?,28?,29?,30-/m0/s1. The van der Waals surface area contributed by atoms with Gasteiger partial charge in [-0.3, -0.25) is 4.98 Å². The third kappa shape index (κ3) is 4.10. The molecule has 4 aliphatic carbocycles. The fourth-order valence-electron chi connectivity index (χ4n) is 9.51. The summed E-state index contributed by atoms with van der Waals surface area (Å²) in [4.78, 5) is 4.34. The van der Waals surface area contributed by atoms with E-state index >= 15 is 0 Å². The molecule has 4 aliphatic rings. The van der Waals surface area contributed by atoms with Gasteiger partial charge in [0.2, 0.25) is 0 Å². The van der Waals surface area contributed by atoms with Crippen molar-refractivity contribution in [1.29, 1.82) is 0 Å². The molecule has 3 heteroatoms. The van der Waals surface area contributed by atoms with Crippen molar-refractivity contribution in [2.75, 3.05) is 0 Å². The highest BCUT2D eigenvalue weighted by molar-refractivity contribution is 5.11. The van der Waals surface area contributed by atoms with E-state index in [1.165, 1.54) is 51.4 Å². The SMILES string of the molecule is CC[C@]1(O)CCC2(C)C(CCC3C2CCC2(C)C3CC[C@@H]2CCCC(O)c2ccccn2)C1. The van der Waals surface area contributed by atoms with Crippen LogP contribution in [-0.4, -0.2) is 20.8 Å². The van der Waals surface area contributed by atoms with E-state index in [1.807, 2.05) is 18.2 Å². The van der Waals surface area contributed by atoms with Crippen LogP contribution in [0.5, 0.6) is 0 Å². The largest absolute Gasteiger partial charge is 0.390 e. The lowest BCUT2D eigenvalue weighted by Gasteiger charge is -2.62. The maximum Gasteiger partial charge on any atom is 0.0959 e. The maximum atomic E-state index is 11.0. The van der Waals surface area contributed by atoms with E-state index in [2.05, 4.69) is 25.8 Å². The van der Waals surface area contributed by atoms with E-state index < -0.39 is 11.7 Å². The Hall–Kier alpha value is -0.930. The zero-order valence-corrected chi connectivity index (χ0v) is 21.3. The van der Waals surface area contributed by atoms with Gasteiger partial charge < -0.3 is 10.2 Å². The van der Waals surface area contributed by atoms with Crippen LogP contribution in [0.2, 0.25) is 0 Å². The molecule has 1 aromatic heterocycles. The molecule has 4 fully saturated rings. The van der Waals surface area contributed by atoms with Crippen molar-refractivity contribution >= 4 is 0 Å². The lowest BCUT2D eigenvalue weighted by atomic mass is 9.43. The van der Waals surface area contributed by atoms with Gasteiger partial charge in [0, 0.05) is 6.20 Å². The van der Waals surface area contributed by atoms with E-state index in [0.29, 0.717) is 10.8 Å². The number of aromatic nitrogens is 1. The number of rotatable bonds is 6. The first-order chi connectivity index (χ1) is 15.8. The van der Waals surface area contributed by atoms with E-state index in [1.54, 1.807) is 6.20 Å². The van der Waals surface area contributed by atoms with E-state index in [-0.39, 0.29) is 0 Å². The number of hydrogen-bond donors (Lipinski definition) is 2. The highest BCUT2D eigenvalue weighted by atomic mass is 16.3. The number of hydrogen-bond acceptors (Lipinski definition) is 3. The van der Waals surface area contributed by atoms with Crippen molar-refractivity contribution in [3.63, 3.8) is 0 Å². The fourth-order valence-corrected chi connectivity index (χ4v) is 9.51. The summed E-state index contributed by atoms with van der Waals surface area (Å²) < 4.78 is 0. The third-order valence-electron chi connectivity index (χ3n) is 11.7. The van der Waals surface area contributed by atoms with Crippen molar-refractivity contribution < 1.29 is 10.2 Å². The van der Waals surface area contributed by atoms with Crippen LogP contribution in [0.3, 0.4) is 0 Å². The molecule has 0 bridgehead atoms. The van der Waals surface area contributed by atoms with Crippen LogP contribution in [-0.2, 0) is 0 Å². The van der Waals surface area contributed by atoms with Gasteiger partial charge in [-0.05, 0) is 130 Å². The molecule has 4 saturated carbocycles.